The molecule has 11 amide bonds. The Hall–Kier alpha value is -9.09. The van der Waals surface area contributed by atoms with E-state index < -0.39 is 187 Å². The first kappa shape index (κ1) is 86.1. The Balaban J connectivity index is 1.96. The summed E-state index contributed by atoms with van der Waals surface area (Å²) in [6, 6.07) is -8.35. The highest BCUT2D eigenvalue weighted by Crippen LogP contribution is 2.25. The molecule has 2 heterocycles. The van der Waals surface area contributed by atoms with Crippen LogP contribution in [0.25, 0.3) is 0 Å². The molecule has 3 rings (SSSR count). The SMILES string of the molecule is CCC(C)C(N)C1=NC(C(=O)N[C@@H](CC(C)C)C(=O)N[C@H](CCC(=O)O)C(=O)N[C@H](C(=O)N[C@@H](CCCCN)C(=O)N[C@H](CCCN)C(=O)N[C@H](C(=O)N[C@H](Cc2ccccc2)C(=O)N[C@@H](Cc2cnc[nH]2)C(=O)N[C@H](CC(=O)O)C(=O)N[C@@H](CC(N)=O)C(=O)O)[C@@H](C)CC)[C@@H](C)CC)CS1. The number of aromatic amines is 1. The summed E-state index contributed by atoms with van der Waals surface area (Å²) in [5, 5.41) is 55.4. The molecule has 1 aliphatic heterocycles. The largest absolute Gasteiger partial charge is 0.481 e. The number of nitrogens with two attached hydrogens (primary N) is 4. The van der Waals surface area contributed by atoms with Gasteiger partial charge in [-0.15, -0.1) is 11.8 Å². The number of nitrogens with one attached hydrogen (secondary N) is 11. The summed E-state index contributed by atoms with van der Waals surface area (Å²) in [6.07, 6.45) is 1.17. The van der Waals surface area contributed by atoms with Crippen molar-refractivity contribution in [1.29, 1.82) is 0 Å². The Morgan fingerprint density at radius 1 is 0.535 bits per heavy atom. The number of benzene rings is 1. The minimum atomic E-state index is -1.97. The van der Waals surface area contributed by atoms with Gasteiger partial charge in [0.1, 0.15) is 66.5 Å². The minimum Gasteiger partial charge on any atom is -0.481 e. The molecule has 0 fully saturated rings. The molecule has 3 unspecified atom stereocenters. The lowest BCUT2D eigenvalue weighted by Gasteiger charge is -2.30. The fourth-order valence-electron chi connectivity index (χ4n) is 10.5. The van der Waals surface area contributed by atoms with Crippen LogP contribution < -0.4 is 76.1 Å². The van der Waals surface area contributed by atoms with Crippen molar-refractivity contribution >= 4 is 99.7 Å². The number of thioether (sulfide) groups is 1. The van der Waals surface area contributed by atoms with Crippen LogP contribution in [0.3, 0.4) is 0 Å². The number of carbonyl (C=O) groups excluding carboxylic acids is 11. The highest BCUT2D eigenvalue weighted by molar-refractivity contribution is 8.14. The molecule has 0 spiro atoms. The lowest BCUT2D eigenvalue weighted by Crippen LogP contribution is -2.62. The highest BCUT2D eigenvalue weighted by Gasteiger charge is 2.40. The number of carboxylic acids is 3. The van der Waals surface area contributed by atoms with Gasteiger partial charge in [-0.05, 0) is 87.3 Å². The smallest absolute Gasteiger partial charge is 0.326 e. The Bertz CT molecular complexity index is 3140. The molecule has 2 aromatic rings. The maximum Gasteiger partial charge on any atom is 0.326 e. The molecule has 0 radical (unpaired) electrons. The van der Waals surface area contributed by atoms with Gasteiger partial charge in [-0.1, -0.05) is 105 Å². The van der Waals surface area contributed by atoms with Crippen LogP contribution in [0.4, 0.5) is 0 Å². The third-order valence-corrected chi connectivity index (χ3v) is 18.3. The van der Waals surface area contributed by atoms with Crippen LogP contribution in [0, 0.1) is 23.7 Å². The molecule has 35 heteroatoms. The normalized spacial score (nSPS) is 16.9. The summed E-state index contributed by atoms with van der Waals surface area (Å²) >= 11 is 1.36. The van der Waals surface area contributed by atoms with Gasteiger partial charge in [0, 0.05) is 36.9 Å². The van der Waals surface area contributed by atoms with Gasteiger partial charge in [0.25, 0.3) is 0 Å². The number of carbonyl (C=O) groups is 14. The van der Waals surface area contributed by atoms with E-state index in [0.29, 0.717) is 22.8 Å². The lowest BCUT2D eigenvalue weighted by atomic mass is 9.96. The number of imidazole rings is 1. The van der Waals surface area contributed by atoms with Crippen molar-refractivity contribution in [3.63, 3.8) is 0 Å². The molecule has 0 saturated carbocycles. The van der Waals surface area contributed by atoms with Gasteiger partial charge in [-0.2, -0.15) is 0 Å². The summed E-state index contributed by atoms with van der Waals surface area (Å²) in [5.41, 5.74) is 24.1. The third kappa shape index (κ3) is 29.9. The zero-order chi connectivity index (χ0) is 75.6. The van der Waals surface area contributed by atoms with Gasteiger partial charge in [-0.25, -0.2) is 9.78 Å². The number of hydrogen-bond acceptors (Lipinski definition) is 20. The Kier molecular flexibility index (Phi) is 37.7. The number of carboxylic acid groups (broad SMARTS) is 3. The maximum absolute atomic E-state index is 14.8. The Labute approximate surface area is 591 Å². The van der Waals surface area contributed by atoms with Crippen LogP contribution in [0.5, 0.6) is 0 Å². The Morgan fingerprint density at radius 3 is 1.50 bits per heavy atom. The molecule has 15 atom stereocenters. The quantitative estimate of drug-likeness (QED) is 0.0326. The van der Waals surface area contributed by atoms with Gasteiger partial charge in [0.15, 0.2) is 0 Å². The predicted octanol–water partition coefficient (Wildman–Crippen LogP) is -1.76. The molecule has 562 valence electrons. The van der Waals surface area contributed by atoms with E-state index in [1.165, 1.54) is 24.3 Å². The van der Waals surface area contributed by atoms with Crippen LogP contribution in [0.15, 0.2) is 47.8 Å². The molecule has 0 bridgehead atoms. The molecule has 0 aliphatic carbocycles. The second kappa shape index (κ2) is 44.2. The monoisotopic (exact) mass is 1440 g/mol. The number of amides is 11. The standard InChI is InChI=1S/C66H105N17O17S/c1-9-35(6)52(70)65-81-48(32-101-65)62(96)76-43(26-34(4)5)58(92)74-42(22-23-50(85)86)57(91)83-53(36(7)10-2)63(97)75-40(20-15-16-24-67)55(89)73-41(21-17-25-68)56(90)82-54(37(8)11-3)64(98)79-44(27-38-18-13-12-14-19-38)59(93)77-45(28-39-31-71-33-72-39)60(94)78-46(30-51(87)88)61(95)80-47(66(99)100)29-49(69)84/h12-14,18-19,31,33-37,40-48,52-54H,9-11,15-17,20-30,32,67-68,70H2,1-8H3,(H2,69,84)(H,71,72)(H,73,89)(H,74,92)(H,75,97)(H,76,96)(H,77,93)(H,78,94)(H,79,98)(H,80,95)(H,82,90)(H,83,91)(H,85,86)(H,87,88)(H,99,100)/t35?,36-,37-,40-,41+,42+,43-,44+,45-,46+,47-,48?,52?,53-,54-/m0/s1. The highest BCUT2D eigenvalue weighted by atomic mass is 32.2. The van der Waals surface area contributed by atoms with E-state index in [1.807, 2.05) is 33.0 Å². The average Bonchev–Trinajstić information content (AvgIpc) is 1.21. The molecule has 101 heavy (non-hydrogen) atoms. The number of nitrogens with zero attached hydrogens (tertiary/aromatic N) is 2. The number of hydrogen-bond donors (Lipinski definition) is 18. The fraction of sp³-hybridized carbons (Fsp3) is 0.636. The van der Waals surface area contributed by atoms with Gasteiger partial charge >= 0.3 is 17.9 Å². The molecule has 22 N–H and O–H groups in total. The molecular weight excluding hydrogens is 1330 g/mol. The average molecular weight is 1440 g/mol. The number of aliphatic imine (C=N–C) groups is 1. The van der Waals surface area contributed by atoms with E-state index in [1.54, 1.807) is 58.0 Å². The van der Waals surface area contributed by atoms with Crippen LogP contribution in [-0.4, -0.2) is 205 Å². The van der Waals surface area contributed by atoms with Crippen molar-refractivity contribution in [1.82, 2.24) is 63.1 Å². The van der Waals surface area contributed by atoms with E-state index in [-0.39, 0.29) is 94.4 Å². The fourth-order valence-corrected chi connectivity index (χ4v) is 11.7. The van der Waals surface area contributed by atoms with E-state index in [9.17, 15) is 82.4 Å². The second-order valence-corrected chi connectivity index (χ2v) is 26.8. The minimum absolute atomic E-state index is 0.0324. The maximum atomic E-state index is 14.8. The van der Waals surface area contributed by atoms with Crippen molar-refractivity contribution < 1.29 is 82.4 Å². The molecule has 0 saturated heterocycles. The second-order valence-electron chi connectivity index (χ2n) is 25.8. The van der Waals surface area contributed by atoms with Crippen molar-refractivity contribution in [2.24, 2.45) is 51.6 Å². The lowest BCUT2D eigenvalue weighted by molar-refractivity contribution is -0.145. The van der Waals surface area contributed by atoms with E-state index in [0.717, 1.165) is 6.42 Å². The first-order chi connectivity index (χ1) is 47.8. The van der Waals surface area contributed by atoms with E-state index in [2.05, 4.69) is 62.8 Å². The predicted molar refractivity (Wildman–Crippen MR) is 373 cm³/mol. The molecule has 1 aliphatic rings. The summed E-state index contributed by atoms with van der Waals surface area (Å²) in [6.45, 7) is 14.6. The summed E-state index contributed by atoms with van der Waals surface area (Å²) in [4.78, 5) is 202. The van der Waals surface area contributed by atoms with Crippen molar-refractivity contribution in [3.8, 4) is 0 Å². The molecule has 1 aromatic heterocycles. The number of H-pyrrole nitrogens is 1. The zero-order valence-electron chi connectivity index (χ0n) is 58.7. The summed E-state index contributed by atoms with van der Waals surface area (Å²) in [5.74, 6) is -16.0. The van der Waals surface area contributed by atoms with E-state index in [4.69, 9.17) is 22.9 Å². The topological polar surface area (TPSA) is 565 Å². The molecule has 34 nitrogen and oxygen atoms in total. The van der Waals surface area contributed by atoms with Crippen LogP contribution in [0.2, 0.25) is 0 Å². The number of unbranched alkanes of at least 4 members (excludes halogenated alkanes) is 1. The van der Waals surface area contributed by atoms with Gasteiger partial charge in [-0.3, -0.25) is 67.3 Å². The van der Waals surface area contributed by atoms with Crippen molar-refractivity contribution in [2.75, 3.05) is 18.8 Å². The molecule has 1 aromatic carbocycles. The van der Waals surface area contributed by atoms with Gasteiger partial charge in [0.05, 0.1) is 30.3 Å². The van der Waals surface area contributed by atoms with Gasteiger partial charge in [0.2, 0.25) is 65.0 Å². The third-order valence-electron chi connectivity index (χ3n) is 17.2. The zero-order valence-corrected chi connectivity index (χ0v) is 59.5. The van der Waals surface area contributed by atoms with Crippen molar-refractivity contribution in [2.45, 2.75) is 224 Å². The van der Waals surface area contributed by atoms with E-state index >= 15 is 0 Å². The van der Waals surface area contributed by atoms with Crippen LogP contribution in [-0.2, 0) is 80.0 Å². The first-order valence-corrected chi connectivity index (χ1v) is 35.1. The van der Waals surface area contributed by atoms with Crippen LogP contribution >= 0.6 is 11.8 Å². The molecular formula is C66H105N17O17S. The number of rotatable bonds is 48. The van der Waals surface area contributed by atoms with Crippen LogP contribution in [0.1, 0.15) is 150 Å². The summed E-state index contributed by atoms with van der Waals surface area (Å²) in [7, 11) is 0. The first-order valence-electron chi connectivity index (χ1n) is 34.1. The number of aromatic nitrogens is 2. The number of primary amides is 1. The van der Waals surface area contributed by atoms with Gasteiger partial charge < -0.3 is 96.4 Å². The summed E-state index contributed by atoms with van der Waals surface area (Å²) < 4.78 is 0. The number of aliphatic carboxylic acids is 3. The Morgan fingerprint density at radius 2 is 1.00 bits per heavy atom. The van der Waals surface area contributed by atoms with Crippen molar-refractivity contribution in [3.05, 3.63) is 54.1 Å².